The molecule has 0 bridgehead atoms. The fraction of sp³-hybridized carbons (Fsp3) is 0.353. The quantitative estimate of drug-likeness (QED) is 0.644. The molecule has 2 aromatic heterocycles. The lowest BCUT2D eigenvalue weighted by Crippen LogP contribution is -2.29. The van der Waals surface area contributed by atoms with E-state index in [0.717, 1.165) is 19.6 Å². The van der Waals surface area contributed by atoms with Crippen LogP contribution in [0.4, 0.5) is 8.78 Å². The van der Waals surface area contributed by atoms with Crippen molar-refractivity contribution >= 4 is 5.65 Å². The van der Waals surface area contributed by atoms with Gasteiger partial charge >= 0.3 is 6.61 Å². The lowest BCUT2D eigenvalue weighted by Gasteiger charge is -2.25. The highest BCUT2D eigenvalue weighted by atomic mass is 19.3. The summed E-state index contributed by atoms with van der Waals surface area (Å²) in [5, 5.41) is 8.27. The van der Waals surface area contributed by atoms with E-state index in [1.807, 2.05) is 0 Å². The molecule has 7 nitrogen and oxygen atoms in total. The van der Waals surface area contributed by atoms with Crippen LogP contribution in [0.2, 0.25) is 0 Å². The SMILES string of the molecule is FC(F)Oc1ccc(-c2nnc3cncc(OCCC4COC4)n23)cc1. The Kier molecular flexibility index (Phi) is 4.61. The van der Waals surface area contributed by atoms with Gasteiger partial charge in [-0.05, 0) is 30.7 Å². The Bertz CT molecular complexity index is 881. The van der Waals surface area contributed by atoms with E-state index in [1.54, 1.807) is 28.9 Å². The van der Waals surface area contributed by atoms with Crippen LogP contribution in [-0.4, -0.2) is 46.0 Å². The molecule has 1 aromatic carbocycles. The first-order valence-corrected chi connectivity index (χ1v) is 8.15. The lowest BCUT2D eigenvalue weighted by molar-refractivity contribution is -0.0498. The summed E-state index contributed by atoms with van der Waals surface area (Å²) in [6.45, 7) is -0.775. The third-order valence-electron chi connectivity index (χ3n) is 4.10. The van der Waals surface area contributed by atoms with E-state index in [4.69, 9.17) is 9.47 Å². The van der Waals surface area contributed by atoms with Crippen LogP contribution in [0, 0.1) is 5.92 Å². The molecule has 0 spiro atoms. The van der Waals surface area contributed by atoms with Crippen LogP contribution in [0.3, 0.4) is 0 Å². The van der Waals surface area contributed by atoms with Crippen LogP contribution in [-0.2, 0) is 4.74 Å². The van der Waals surface area contributed by atoms with E-state index >= 15 is 0 Å². The number of halogens is 2. The van der Waals surface area contributed by atoms with E-state index in [-0.39, 0.29) is 5.75 Å². The first-order chi connectivity index (χ1) is 12.7. The topological polar surface area (TPSA) is 70.8 Å². The summed E-state index contributed by atoms with van der Waals surface area (Å²) < 4.78 is 41.7. The van der Waals surface area contributed by atoms with Gasteiger partial charge in [0.2, 0.25) is 5.88 Å². The highest BCUT2D eigenvalue weighted by Crippen LogP contribution is 2.26. The molecular weight excluding hydrogens is 346 g/mol. The van der Waals surface area contributed by atoms with Gasteiger partial charge in [0.25, 0.3) is 0 Å². The number of hydrogen-bond acceptors (Lipinski definition) is 6. The molecule has 1 saturated heterocycles. The van der Waals surface area contributed by atoms with E-state index < -0.39 is 6.61 Å². The third kappa shape index (κ3) is 3.43. The number of aromatic nitrogens is 4. The fourth-order valence-electron chi connectivity index (χ4n) is 2.68. The third-order valence-corrected chi connectivity index (χ3v) is 4.10. The number of alkyl halides is 2. The van der Waals surface area contributed by atoms with E-state index in [9.17, 15) is 8.78 Å². The molecule has 0 unspecified atom stereocenters. The first-order valence-electron chi connectivity index (χ1n) is 8.15. The van der Waals surface area contributed by atoms with Crippen LogP contribution in [0.15, 0.2) is 36.7 Å². The van der Waals surface area contributed by atoms with Crippen LogP contribution >= 0.6 is 0 Å². The van der Waals surface area contributed by atoms with E-state index in [0.29, 0.717) is 35.4 Å². The molecular formula is C17H16F2N4O3. The van der Waals surface area contributed by atoms with E-state index in [1.165, 1.54) is 12.1 Å². The Morgan fingerprint density at radius 1 is 1.15 bits per heavy atom. The summed E-state index contributed by atoms with van der Waals surface area (Å²) >= 11 is 0. The minimum Gasteiger partial charge on any atom is -0.477 e. The Hall–Kier alpha value is -2.81. The molecule has 1 fully saturated rings. The summed E-state index contributed by atoms with van der Waals surface area (Å²) in [6.07, 6.45) is 4.08. The van der Waals surface area contributed by atoms with Gasteiger partial charge in [0, 0.05) is 11.5 Å². The van der Waals surface area contributed by atoms with Crippen molar-refractivity contribution < 1.29 is 23.0 Å². The molecule has 136 valence electrons. The number of fused-ring (bicyclic) bond motifs is 1. The summed E-state index contributed by atoms with van der Waals surface area (Å²) in [5.41, 5.74) is 1.24. The van der Waals surface area contributed by atoms with Crippen molar-refractivity contribution in [2.75, 3.05) is 19.8 Å². The molecule has 3 aromatic rings. The van der Waals surface area contributed by atoms with Gasteiger partial charge in [-0.15, -0.1) is 10.2 Å². The number of nitrogens with zero attached hydrogens (tertiary/aromatic N) is 4. The molecule has 0 atom stereocenters. The van der Waals surface area contributed by atoms with Crippen molar-refractivity contribution in [2.24, 2.45) is 5.92 Å². The van der Waals surface area contributed by atoms with Gasteiger partial charge in [0.1, 0.15) is 5.75 Å². The second-order valence-corrected chi connectivity index (χ2v) is 5.91. The average Bonchev–Trinajstić information content (AvgIpc) is 3.02. The van der Waals surface area contributed by atoms with Crippen LogP contribution in [0.1, 0.15) is 6.42 Å². The zero-order valence-corrected chi connectivity index (χ0v) is 13.7. The van der Waals surface area contributed by atoms with Gasteiger partial charge in [-0.1, -0.05) is 0 Å². The Balaban J connectivity index is 1.58. The molecule has 0 N–H and O–H groups in total. The second-order valence-electron chi connectivity index (χ2n) is 5.91. The molecule has 0 radical (unpaired) electrons. The largest absolute Gasteiger partial charge is 0.477 e. The summed E-state index contributed by atoms with van der Waals surface area (Å²) in [5.74, 6) is 1.67. The molecule has 0 amide bonds. The maximum Gasteiger partial charge on any atom is 0.387 e. The maximum absolute atomic E-state index is 12.3. The van der Waals surface area contributed by atoms with Crippen LogP contribution in [0.25, 0.3) is 17.0 Å². The highest BCUT2D eigenvalue weighted by Gasteiger charge is 2.19. The summed E-state index contributed by atoms with van der Waals surface area (Å²) in [7, 11) is 0. The zero-order valence-electron chi connectivity index (χ0n) is 13.7. The average molecular weight is 362 g/mol. The van der Waals surface area contributed by atoms with Crippen LogP contribution < -0.4 is 9.47 Å². The monoisotopic (exact) mass is 362 g/mol. The zero-order chi connectivity index (χ0) is 17.9. The summed E-state index contributed by atoms with van der Waals surface area (Å²) in [4.78, 5) is 4.12. The molecule has 9 heteroatoms. The minimum absolute atomic E-state index is 0.0819. The predicted octanol–water partition coefficient (Wildman–Crippen LogP) is 2.81. The minimum atomic E-state index is -2.86. The van der Waals surface area contributed by atoms with Crippen molar-refractivity contribution in [3.05, 3.63) is 36.7 Å². The smallest absolute Gasteiger partial charge is 0.387 e. The van der Waals surface area contributed by atoms with Gasteiger partial charge < -0.3 is 14.2 Å². The van der Waals surface area contributed by atoms with Crippen molar-refractivity contribution in [3.8, 4) is 23.0 Å². The molecule has 0 saturated carbocycles. The number of hydrogen-bond donors (Lipinski definition) is 0. The van der Waals surface area contributed by atoms with Crippen molar-refractivity contribution in [1.29, 1.82) is 0 Å². The fourth-order valence-corrected chi connectivity index (χ4v) is 2.68. The van der Waals surface area contributed by atoms with Crippen molar-refractivity contribution in [2.45, 2.75) is 13.0 Å². The van der Waals surface area contributed by atoms with Crippen molar-refractivity contribution in [3.63, 3.8) is 0 Å². The summed E-state index contributed by atoms with van der Waals surface area (Å²) in [6, 6.07) is 6.20. The Morgan fingerprint density at radius 2 is 1.96 bits per heavy atom. The molecule has 0 aliphatic carbocycles. The molecule has 3 heterocycles. The Labute approximate surface area is 147 Å². The predicted molar refractivity (Wildman–Crippen MR) is 87.3 cm³/mol. The maximum atomic E-state index is 12.3. The van der Waals surface area contributed by atoms with Gasteiger partial charge in [-0.25, -0.2) is 4.40 Å². The molecule has 1 aliphatic heterocycles. The second kappa shape index (κ2) is 7.20. The van der Waals surface area contributed by atoms with Gasteiger partial charge in [0.15, 0.2) is 11.5 Å². The highest BCUT2D eigenvalue weighted by molar-refractivity contribution is 5.61. The normalized spacial score (nSPS) is 14.6. The van der Waals surface area contributed by atoms with E-state index in [2.05, 4.69) is 19.9 Å². The van der Waals surface area contributed by atoms with Crippen molar-refractivity contribution in [1.82, 2.24) is 19.6 Å². The Morgan fingerprint density at radius 3 is 2.65 bits per heavy atom. The molecule has 4 rings (SSSR count). The first kappa shape index (κ1) is 16.6. The lowest BCUT2D eigenvalue weighted by atomic mass is 10.1. The number of benzene rings is 1. The van der Waals surface area contributed by atoms with Gasteiger partial charge in [0.05, 0.1) is 32.2 Å². The van der Waals surface area contributed by atoms with Crippen LogP contribution in [0.5, 0.6) is 11.6 Å². The number of ether oxygens (including phenoxy) is 3. The van der Waals surface area contributed by atoms with Gasteiger partial charge in [-0.2, -0.15) is 8.78 Å². The standard InChI is InChI=1S/C17H16F2N4O3/c18-17(19)26-13-3-1-12(2-4-13)16-22-21-14-7-20-8-15(23(14)16)25-6-5-11-9-24-10-11/h1-4,7-8,11,17H,5-6,9-10H2. The molecule has 1 aliphatic rings. The molecule has 26 heavy (non-hydrogen) atoms. The van der Waals surface area contributed by atoms with Gasteiger partial charge in [-0.3, -0.25) is 4.98 Å². The number of rotatable bonds is 7.